The molecule has 0 aromatic carbocycles. The van der Waals surface area contributed by atoms with Gasteiger partial charge in [-0.2, -0.15) is 0 Å². The summed E-state index contributed by atoms with van der Waals surface area (Å²) in [4.78, 5) is 4.34. The summed E-state index contributed by atoms with van der Waals surface area (Å²) in [6.45, 7) is 2.07. The van der Waals surface area contributed by atoms with Gasteiger partial charge in [-0.1, -0.05) is 0 Å². The van der Waals surface area contributed by atoms with Gasteiger partial charge in [0.2, 0.25) is 0 Å². The Kier molecular flexibility index (Phi) is 0.963. The van der Waals surface area contributed by atoms with E-state index in [1.165, 1.54) is 17.0 Å². The number of hydrogen-bond donors (Lipinski definition) is 0. The Bertz CT molecular complexity index is 260. The Morgan fingerprint density at radius 1 is 1.56 bits per heavy atom. The molecule has 1 aliphatic rings. The van der Waals surface area contributed by atoms with Crippen molar-refractivity contribution in [1.29, 1.82) is 0 Å². The normalized spacial score (nSPS) is 15.4. The molecular formula is C7H7NS. The molecule has 1 aromatic heterocycles. The number of thiophene rings is 1. The minimum Gasteiger partial charge on any atom is -0.257 e. The van der Waals surface area contributed by atoms with Crippen molar-refractivity contribution in [1.82, 2.24) is 0 Å². The highest BCUT2D eigenvalue weighted by Gasteiger charge is 2.10. The van der Waals surface area contributed by atoms with E-state index >= 15 is 0 Å². The van der Waals surface area contributed by atoms with E-state index in [1.807, 2.05) is 0 Å². The van der Waals surface area contributed by atoms with Crippen LogP contribution in [0.5, 0.6) is 0 Å². The van der Waals surface area contributed by atoms with Gasteiger partial charge in [0.05, 0.1) is 5.69 Å². The van der Waals surface area contributed by atoms with E-state index in [-0.39, 0.29) is 0 Å². The largest absolute Gasteiger partial charge is 0.257 e. The second-order valence-electron chi connectivity index (χ2n) is 2.31. The van der Waals surface area contributed by atoms with Gasteiger partial charge in [0.25, 0.3) is 0 Å². The zero-order valence-corrected chi connectivity index (χ0v) is 6.03. The van der Waals surface area contributed by atoms with Crippen LogP contribution in [0.2, 0.25) is 0 Å². The molecule has 2 heterocycles. The molecule has 2 rings (SSSR count). The molecule has 0 unspecified atom stereocenters. The van der Waals surface area contributed by atoms with Gasteiger partial charge in [-0.05, 0) is 17.9 Å². The van der Waals surface area contributed by atoms with Crippen molar-refractivity contribution in [2.24, 2.45) is 4.99 Å². The van der Waals surface area contributed by atoms with Crippen molar-refractivity contribution >= 4 is 22.7 Å². The van der Waals surface area contributed by atoms with E-state index in [1.54, 1.807) is 11.3 Å². The van der Waals surface area contributed by atoms with Crippen molar-refractivity contribution < 1.29 is 0 Å². The van der Waals surface area contributed by atoms with Gasteiger partial charge in [0, 0.05) is 17.5 Å². The summed E-state index contributed by atoms with van der Waals surface area (Å²) in [7, 11) is 0. The fourth-order valence-electron chi connectivity index (χ4n) is 1.07. The Morgan fingerprint density at radius 3 is 3.22 bits per heavy atom. The summed E-state index contributed by atoms with van der Waals surface area (Å²) in [5.41, 5.74) is 3.84. The summed E-state index contributed by atoms with van der Waals surface area (Å²) in [6, 6.07) is 0. The van der Waals surface area contributed by atoms with Gasteiger partial charge in [-0.15, -0.1) is 11.3 Å². The van der Waals surface area contributed by atoms with Gasteiger partial charge < -0.3 is 0 Å². The molecule has 0 saturated heterocycles. The molecule has 0 amide bonds. The highest BCUT2D eigenvalue weighted by Crippen LogP contribution is 2.29. The fourth-order valence-corrected chi connectivity index (χ4v) is 1.84. The first-order chi connectivity index (χ1) is 4.36. The first kappa shape index (κ1) is 5.18. The summed E-state index contributed by atoms with van der Waals surface area (Å²) in [6.07, 6.45) is 1.07. The molecule has 9 heavy (non-hydrogen) atoms. The maximum absolute atomic E-state index is 4.34. The molecule has 46 valence electrons. The molecule has 1 aromatic rings. The van der Waals surface area contributed by atoms with Crippen LogP contribution >= 0.6 is 11.3 Å². The molecular weight excluding hydrogens is 130 g/mol. The predicted molar refractivity (Wildman–Crippen MR) is 40.8 cm³/mol. The second-order valence-corrected chi connectivity index (χ2v) is 3.05. The molecule has 0 atom stereocenters. The van der Waals surface area contributed by atoms with Crippen LogP contribution in [0.1, 0.15) is 12.5 Å². The van der Waals surface area contributed by atoms with Crippen LogP contribution < -0.4 is 0 Å². The zero-order valence-electron chi connectivity index (χ0n) is 5.22. The SMILES string of the molecule is CC1=Nc2cscc2C1. The van der Waals surface area contributed by atoms with Crippen molar-refractivity contribution in [3.8, 4) is 0 Å². The minimum atomic E-state index is 1.07. The predicted octanol–water partition coefficient (Wildman–Crippen LogP) is 2.40. The van der Waals surface area contributed by atoms with E-state index in [0.29, 0.717) is 0 Å². The van der Waals surface area contributed by atoms with E-state index in [9.17, 15) is 0 Å². The van der Waals surface area contributed by atoms with Gasteiger partial charge in [-0.3, -0.25) is 4.99 Å². The second kappa shape index (κ2) is 1.67. The van der Waals surface area contributed by atoms with E-state index < -0.39 is 0 Å². The Morgan fingerprint density at radius 2 is 2.44 bits per heavy atom. The number of aliphatic imine (C=N–C) groups is 1. The quantitative estimate of drug-likeness (QED) is 0.520. The monoisotopic (exact) mass is 137 g/mol. The van der Waals surface area contributed by atoms with E-state index in [4.69, 9.17) is 0 Å². The van der Waals surface area contributed by atoms with E-state index in [0.717, 1.165) is 6.42 Å². The number of nitrogens with zero attached hydrogens (tertiary/aromatic N) is 1. The maximum Gasteiger partial charge on any atom is 0.0771 e. The number of fused-ring (bicyclic) bond motifs is 1. The molecule has 0 N–H and O–H groups in total. The highest BCUT2D eigenvalue weighted by molar-refractivity contribution is 7.08. The van der Waals surface area contributed by atoms with Crippen LogP contribution in [0.25, 0.3) is 0 Å². The van der Waals surface area contributed by atoms with Gasteiger partial charge in [-0.25, -0.2) is 0 Å². The zero-order chi connectivity index (χ0) is 6.27. The third-order valence-corrected chi connectivity index (χ3v) is 2.26. The third kappa shape index (κ3) is 0.704. The molecule has 0 fully saturated rings. The van der Waals surface area contributed by atoms with Crippen molar-refractivity contribution in [3.63, 3.8) is 0 Å². The van der Waals surface area contributed by atoms with Crippen molar-refractivity contribution in [3.05, 3.63) is 16.3 Å². The number of hydrogen-bond acceptors (Lipinski definition) is 2. The Balaban J connectivity index is 2.55. The third-order valence-electron chi connectivity index (χ3n) is 1.48. The first-order valence-electron chi connectivity index (χ1n) is 2.95. The Labute approximate surface area is 58.1 Å². The summed E-state index contributed by atoms with van der Waals surface area (Å²) >= 11 is 1.74. The maximum atomic E-state index is 4.34. The average Bonchev–Trinajstić information content (AvgIpc) is 2.22. The first-order valence-corrected chi connectivity index (χ1v) is 3.90. The van der Waals surface area contributed by atoms with Crippen molar-refractivity contribution in [2.75, 3.05) is 0 Å². The number of rotatable bonds is 0. The van der Waals surface area contributed by atoms with Crippen LogP contribution in [0, 0.1) is 0 Å². The Hall–Kier alpha value is -0.630. The lowest BCUT2D eigenvalue weighted by Crippen LogP contribution is -1.86. The molecule has 0 bridgehead atoms. The fraction of sp³-hybridized carbons (Fsp3) is 0.286. The summed E-state index contributed by atoms with van der Waals surface area (Å²) in [5.74, 6) is 0. The molecule has 1 aliphatic heterocycles. The van der Waals surface area contributed by atoms with Crippen LogP contribution in [0.15, 0.2) is 15.8 Å². The van der Waals surface area contributed by atoms with Crippen LogP contribution in [-0.4, -0.2) is 5.71 Å². The molecule has 0 aliphatic carbocycles. The standard InChI is InChI=1S/C7H7NS/c1-5-2-6-3-9-4-7(6)8-5/h3-4H,2H2,1H3. The van der Waals surface area contributed by atoms with Crippen LogP contribution in [0.3, 0.4) is 0 Å². The van der Waals surface area contributed by atoms with Crippen LogP contribution in [0.4, 0.5) is 5.69 Å². The topological polar surface area (TPSA) is 12.4 Å². The molecule has 0 saturated carbocycles. The smallest absolute Gasteiger partial charge is 0.0771 e. The van der Waals surface area contributed by atoms with Crippen LogP contribution in [-0.2, 0) is 6.42 Å². The molecule has 1 nitrogen and oxygen atoms in total. The molecule has 2 heteroatoms. The van der Waals surface area contributed by atoms with E-state index in [2.05, 4.69) is 22.7 Å². The lowest BCUT2D eigenvalue weighted by molar-refractivity contribution is 1.42. The van der Waals surface area contributed by atoms with Gasteiger partial charge in [0.15, 0.2) is 0 Å². The molecule has 0 spiro atoms. The minimum absolute atomic E-state index is 1.07. The van der Waals surface area contributed by atoms with Crippen molar-refractivity contribution in [2.45, 2.75) is 13.3 Å². The lowest BCUT2D eigenvalue weighted by atomic mass is 10.2. The summed E-state index contributed by atoms with van der Waals surface area (Å²) in [5, 5.41) is 4.28. The highest BCUT2D eigenvalue weighted by atomic mass is 32.1. The lowest BCUT2D eigenvalue weighted by Gasteiger charge is -1.81. The van der Waals surface area contributed by atoms with Gasteiger partial charge in [0.1, 0.15) is 0 Å². The van der Waals surface area contributed by atoms with Gasteiger partial charge >= 0.3 is 0 Å². The summed E-state index contributed by atoms with van der Waals surface area (Å²) < 4.78 is 0. The molecule has 0 radical (unpaired) electrons. The average molecular weight is 137 g/mol.